The Morgan fingerprint density at radius 1 is 1.26 bits per heavy atom. The monoisotopic (exact) mass is 383 g/mol. The summed E-state index contributed by atoms with van der Waals surface area (Å²) in [5.74, 6) is -2.35. The van der Waals surface area contributed by atoms with Crippen molar-refractivity contribution in [2.24, 2.45) is 0 Å². The molecule has 1 aromatic carbocycles. The lowest BCUT2D eigenvalue weighted by molar-refractivity contribution is -0.605. The van der Waals surface area contributed by atoms with Gasteiger partial charge in [-0.05, 0) is 6.07 Å². The van der Waals surface area contributed by atoms with Gasteiger partial charge in [-0.1, -0.05) is 0 Å². The lowest BCUT2D eigenvalue weighted by Gasteiger charge is -2.09. The normalized spacial score (nSPS) is 11.5. The maximum Gasteiger partial charge on any atom is 0.417 e. The van der Waals surface area contributed by atoms with E-state index in [0.717, 1.165) is 18.4 Å². The summed E-state index contributed by atoms with van der Waals surface area (Å²) in [6, 6.07) is 2.34. The van der Waals surface area contributed by atoms with Crippen LogP contribution in [0.2, 0.25) is 0 Å². The van der Waals surface area contributed by atoms with Crippen molar-refractivity contribution in [3.8, 4) is 34.2 Å². The van der Waals surface area contributed by atoms with E-state index < -0.39 is 45.3 Å². The van der Waals surface area contributed by atoms with Gasteiger partial charge in [0.2, 0.25) is 11.6 Å². The molecule has 27 heavy (non-hydrogen) atoms. The maximum atomic E-state index is 13.1. The van der Waals surface area contributed by atoms with E-state index in [1.165, 1.54) is 0 Å². The number of benzene rings is 1. The van der Waals surface area contributed by atoms with E-state index in [2.05, 4.69) is 4.98 Å². The topological polar surface area (TPSA) is 137 Å². The number of aromatic hydroxyl groups is 2. The van der Waals surface area contributed by atoms with Crippen LogP contribution in [-0.2, 0) is 6.18 Å². The Labute approximate surface area is 147 Å². The Kier molecular flexibility index (Phi) is 4.10. The van der Waals surface area contributed by atoms with Crippen molar-refractivity contribution in [1.29, 1.82) is 0 Å². The van der Waals surface area contributed by atoms with Gasteiger partial charge in [-0.25, -0.2) is 4.98 Å². The summed E-state index contributed by atoms with van der Waals surface area (Å²) in [6.45, 7) is 0. The number of rotatable bonds is 3. The molecule has 0 saturated carbocycles. The van der Waals surface area contributed by atoms with Crippen LogP contribution >= 0.6 is 0 Å². The number of oxazole rings is 1. The SMILES string of the molecule is O=[N+]([O-])c1cc(-c2coc(-c3c[n+]([O-])ccc3C(F)(F)F)n2)cc(O)c1O. The number of aromatic nitrogens is 2. The summed E-state index contributed by atoms with van der Waals surface area (Å²) in [6.07, 6.45) is -2.60. The molecule has 140 valence electrons. The predicted octanol–water partition coefficient (Wildman–Crippen LogP) is 2.98. The molecule has 3 aromatic rings. The van der Waals surface area contributed by atoms with Crippen LogP contribution in [-0.4, -0.2) is 20.1 Å². The second kappa shape index (κ2) is 6.16. The van der Waals surface area contributed by atoms with E-state index >= 15 is 0 Å². The number of nitro benzene ring substituents is 1. The Morgan fingerprint density at radius 2 is 1.96 bits per heavy atom. The number of nitro groups is 1. The van der Waals surface area contributed by atoms with Gasteiger partial charge in [0, 0.05) is 17.7 Å². The van der Waals surface area contributed by atoms with E-state index in [1.807, 2.05) is 0 Å². The lowest BCUT2D eigenvalue weighted by atomic mass is 10.1. The number of phenolic OH excluding ortho intramolecular Hbond substituents is 2. The van der Waals surface area contributed by atoms with Gasteiger partial charge >= 0.3 is 11.9 Å². The van der Waals surface area contributed by atoms with Gasteiger partial charge in [-0.2, -0.15) is 17.9 Å². The van der Waals surface area contributed by atoms with E-state index in [-0.39, 0.29) is 16.0 Å². The fraction of sp³-hybridized carbons (Fsp3) is 0.0667. The van der Waals surface area contributed by atoms with Crippen molar-refractivity contribution >= 4 is 5.69 Å². The third-order valence-electron chi connectivity index (χ3n) is 3.54. The number of phenols is 2. The second-order valence-electron chi connectivity index (χ2n) is 5.29. The highest BCUT2D eigenvalue weighted by molar-refractivity contribution is 5.71. The number of alkyl halides is 3. The van der Waals surface area contributed by atoms with Gasteiger partial charge in [-0.15, -0.1) is 0 Å². The highest BCUT2D eigenvalue weighted by Crippen LogP contribution is 2.40. The highest BCUT2D eigenvalue weighted by Gasteiger charge is 2.36. The lowest BCUT2D eigenvalue weighted by Crippen LogP contribution is -2.26. The zero-order valence-corrected chi connectivity index (χ0v) is 13.0. The van der Waals surface area contributed by atoms with E-state index in [4.69, 9.17) is 4.42 Å². The molecular weight excluding hydrogens is 375 g/mol. The molecule has 2 aromatic heterocycles. The molecule has 0 aliphatic carbocycles. The molecule has 12 heteroatoms. The van der Waals surface area contributed by atoms with Crippen molar-refractivity contribution < 1.29 is 37.5 Å². The van der Waals surface area contributed by atoms with E-state index in [9.17, 15) is 38.7 Å². The quantitative estimate of drug-likeness (QED) is 0.233. The first-order chi connectivity index (χ1) is 12.6. The molecule has 0 radical (unpaired) electrons. The van der Waals surface area contributed by atoms with Gasteiger partial charge in [0.05, 0.1) is 10.5 Å². The average molecular weight is 383 g/mol. The van der Waals surface area contributed by atoms with Crippen LogP contribution in [0.5, 0.6) is 11.5 Å². The van der Waals surface area contributed by atoms with Crippen LogP contribution in [0.15, 0.2) is 41.3 Å². The first-order valence-electron chi connectivity index (χ1n) is 7.04. The molecule has 0 fully saturated rings. The number of nitrogens with zero attached hydrogens (tertiary/aromatic N) is 3. The molecule has 0 amide bonds. The summed E-state index contributed by atoms with van der Waals surface area (Å²) >= 11 is 0. The summed E-state index contributed by atoms with van der Waals surface area (Å²) in [5, 5.41) is 41.3. The van der Waals surface area contributed by atoms with Gasteiger partial charge in [0.1, 0.15) is 17.5 Å². The van der Waals surface area contributed by atoms with E-state index in [0.29, 0.717) is 18.5 Å². The molecular formula is C15H8F3N3O6. The minimum absolute atomic E-state index is 0.0912. The van der Waals surface area contributed by atoms with Crippen molar-refractivity contribution in [3.63, 3.8) is 0 Å². The minimum atomic E-state index is -4.78. The molecule has 0 saturated heterocycles. The van der Waals surface area contributed by atoms with Crippen LogP contribution in [0.3, 0.4) is 0 Å². The highest BCUT2D eigenvalue weighted by atomic mass is 19.4. The van der Waals surface area contributed by atoms with Crippen molar-refractivity contribution in [3.05, 3.63) is 57.7 Å². The zero-order chi connectivity index (χ0) is 19.9. The standard InChI is InChI=1S/C15H8F3N3O6/c16-15(17,18)9-1-2-20(24)5-8(9)14-19-10(6-27-14)7-3-11(21(25)26)13(23)12(22)4-7/h1-6,22-23H. The van der Waals surface area contributed by atoms with Crippen LogP contribution in [0.4, 0.5) is 18.9 Å². The maximum absolute atomic E-state index is 13.1. The Bertz CT molecular complexity index is 1050. The smallest absolute Gasteiger partial charge is 0.417 e. The molecule has 2 heterocycles. The summed E-state index contributed by atoms with van der Waals surface area (Å²) in [7, 11) is 0. The van der Waals surface area contributed by atoms with Gasteiger partial charge in [0.15, 0.2) is 18.1 Å². The number of halogens is 3. The van der Waals surface area contributed by atoms with Crippen LogP contribution < -0.4 is 4.73 Å². The van der Waals surface area contributed by atoms with Crippen LogP contribution in [0, 0.1) is 15.3 Å². The van der Waals surface area contributed by atoms with Gasteiger partial charge in [-0.3, -0.25) is 10.1 Å². The first-order valence-corrected chi connectivity index (χ1v) is 7.04. The first kappa shape index (κ1) is 18.0. The molecule has 9 nitrogen and oxygen atoms in total. The molecule has 3 rings (SSSR count). The summed E-state index contributed by atoms with van der Waals surface area (Å²) in [4.78, 5) is 13.7. The Morgan fingerprint density at radius 3 is 2.59 bits per heavy atom. The summed E-state index contributed by atoms with van der Waals surface area (Å²) < 4.78 is 44.5. The van der Waals surface area contributed by atoms with Crippen LogP contribution in [0.1, 0.15) is 5.56 Å². The molecule has 0 aliphatic heterocycles. The van der Waals surface area contributed by atoms with Crippen molar-refractivity contribution in [2.45, 2.75) is 6.18 Å². The molecule has 0 atom stereocenters. The van der Waals surface area contributed by atoms with Gasteiger partial charge < -0.3 is 19.8 Å². The van der Waals surface area contributed by atoms with Crippen molar-refractivity contribution in [1.82, 2.24) is 4.98 Å². The third-order valence-corrected chi connectivity index (χ3v) is 3.54. The largest absolute Gasteiger partial charge is 0.619 e. The molecule has 0 bridgehead atoms. The molecule has 0 spiro atoms. The molecule has 0 aliphatic rings. The number of pyridine rings is 1. The number of hydrogen-bond acceptors (Lipinski definition) is 7. The average Bonchev–Trinajstić information content (AvgIpc) is 3.05. The Balaban J connectivity index is 2.12. The molecule has 0 unspecified atom stereocenters. The molecule has 2 N–H and O–H groups in total. The fourth-order valence-electron chi connectivity index (χ4n) is 2.32. The van der Waals surface area contributed by atoms with Crippen LogP contribution in [0.25, 0.3) is 22.7 Å². The fourth-order valence-corrected chi connectivity index (χ4v) is 2.32. The van der Waals surface area contributed by atoms with E-state index in [1.54, 1.807) is 0 Å². The minimum Gasteiger partial charge on any atom is -0.619 e. The number of hydrogen-bond donors (Lipinski definition) is 2. The summed E-state index contributed by atoms with van der Waals surface area (Å²) in [5.41, 5.74) is -2.88. The zero-order valence-electron chi connectivity index (χ0n) is 13.0. The Hall–Kier alpha value is -3.83. The predicted molar refractivity (Wildman–Crippen MR) is 81.3 cm³/mol. The van der Waals surface area contributed by atoms with Crippen molar-refractivity contribution in [2.75, 3.05) is 0 Å². The second-order valence-corrected chi connectivity index (χ2v) is 5.29. The third kappa shape index (κ3) is 3.31. The van der Waals surface area contributed by atoms with Gasteiger partial charge in [0.25, 0.3) is 0 Å².